The fourth-order valence-corrected chi connectivity index (χ4v) is 3.34. The van der Waals surface area contributed by atoms with Crippen molar-refractivity contribution in [3.8, 4) is 0 Å². The standard InChI is InChI=1S/C14H28N2O/c1-15-13-7-4-2-3-5-8-14(13)16-9-6-11-17-12-10-16/h13-15H,2-12H2,1H3. The molecule has 1 aliphatic heterocycles. The van der Waals surface area contributed by atoms with Crippen molar-refractivity contribution in [3.63, 3.8) is 0 Å². The molecule has 0 aromatic heterocycles. The van der Waals surface area contributed by atoms with Gasteiger partial charge in [0, 0.05) is 31.8 Å². The Morgan fingerprint density at radius 2 is 1.76 bits per heavy atom. The lowest BCUT2D eigenvalue weighted by atomic mass is 9.91. The Hall–Kier alpha value is -0.120. The Balaban J connectivity index is 1.96. The molecule has 100 valence electrons. The molecule has 0 amide bonds. The van der Waals surface area contributed by atoms with E-state index in [1.54, 1.807) is 0 Å². The number of nitrogens with one attached hydrogen (secondary N) is 1. The number of hydrogen-bond acceptors (Lipinski definition) is 3. The average Bonchev–Trinajstić information content (AvgIpc) is 2.58. The van der Waals surface area contributed by atoms with Crippen LogP contribution in [0.3, 0.4) is 0 Å². The predicted octanol–water partition coefficient (Wildman–Crippen LogP) is 2.02. The molecule has 2 aliphatic rings. The second kappa shape index (κ2) is 7.34. The van der Waals surface area contributed by atoms with E-state index < -0.39 is 0 Å². The zero-order valence-corrected chi connectivity index (χ0v) is 11.3. The number of likely N-dealkylation sites (N-methyl/N-ethyl adjacent to an activating group) is 1. The lowest BCUT2D eigenvalue weighted by molar-refractivity contribution is 0.112. The van der Waals surface area contributed by atoms with Crippen LogP contribution < -0.4 is 5.32 Å². The van der Waals surface area contributed by atoms with E-state index in [2.05, 4.69) is 17.3 Å². The van der Waals surface area contributed by atoms with E-state index in [-0.39, 0.29) is 0 Å². The van der Waals surface area contributed by atoms with Gasteiger partial charge in [0.1, 0.15) is 0 Å². The van der Waals surface area contributed by atoms with Crippen molar-refractivity contribution in [3.05, 3.63) is 0 Å². The van der Waals surface area contributed by atoms with Gasteiger partial charge in [0.05, 0.1) is 6.61 Å². The van der Waals surface area contributed by atoms with E-state index in [0.717, 1.165) is 25.8 Å². The molecule has 17 heavy (non-hydrogen) atoms. The van der Waals surface area contributed by atoms with E-state index in [4.69, 9.17) is 4.74 Å². The lowest BCUT2D eigenvalue weighted by Crippen LogP contribution is -2.50. The van der Waals surface area contributed by atoms with E-state index in [9.17, 15) is 0 Å². The van der Waals surface area contributed by atoms with Crippen molar-refractivity contribution in [1.29, 1.82) is 0 Å². The average molecular weight is 240 g/mol. The summed E-state index contributed by atoms with van der Waals surface area (Å²) in [6.45, 7) is 4.23. The van der Waals surface area contributed by atoms with Crippen molar-refractivity contribution in [2.45, 2.75) is 57.0 Å². The molecular formula is C14H28N2O. The molecule has 1 heterocycles. The highest BCUT2D eigenvalue weighted by Gasteiger charge is 2.27. The maximum absolute atomic E-state index is 5.58. The summed E-state index contributed by atoms with van der Waals surface area (Å²) >= 11 is 0. The summed E-state index contributed by atoms with van der Waals surface area (Å²) in [6, 6.07) is 1.43. The minimum absolute atomic E-state index is 0.688. The number of hydrogen-bond donors (Lipinski definition) is 1. The molecule has 1 N–H and O–H groups in total. The van der Waals surface area contributed by atoms with Gasteiger partial charge < -0.3 is 10.1 Å². The van der Waals surface area contributed by atoms with E-state index >= 15 is 0 Å². The van der Waals surface area contributed by atoms with Gasteiger partial charge in [-0.2, -0.15) is 0 Å². The first-order valence-electron chi connectivity index (χ1n) is 7.41. The van der Waals surface area contributed by atoms with Crippen LogP contribution in [-0.2, 0) is 4.74 Å². The molecule has 0 radical (unpaired) electrons. The zero-order chi connectivity index (χ0) is 11.9. The van der Waals surface area contributed by atoms with Crippen molar-refractivity contribution in [2.75, 3.05) is 33.4 Å². The van der Waals surface area contributed by atoms with Gasteiger partial charge in [0.2, 0.25) is 0 Å². The second-order valence-electron chi connectivity index (χ2n) is 5.46. The smallest absolute Gasteiger partial charge is 0.0593 e. The molecule has 0 aromatic carbocycles. The van der Waals surface area contributed by atoms with Gasteiger partial charge in [-0.3, -0.25) is 4.90 Å². The van der Waals surface area contributed by atoms with Crippen LogP contribution in [-0.4, -0.2) is 50.3 Å². The highest BCUT2D eigenvalue weighted by atomic mass is 16.5. The summed E-state index contributed by atoms with van der Waals surface area (Å²) in [5, 5.41) is 3.56. The quantitative estimate of drug-likeness (QED) is 0.799. The molecule has 2 rings (SSSR count). The molecule has 3 heteroatoms. The van der Waals surface area contributed by atoms with Crippen molar-refractivity contribution in [2.24, 2.45) is 0 Å². The van der Waals surface area contributed by atoms with Crippen LogP contribution in [0.1, 0.15) is 44.9 Å². The maximum atomic E-state index is 5.58. The summed E-state index contributed by atoms with van der Waals surface area (Å²) in [7, 11) is 2.13. The maximum Gasteiger partial charge on any atom is 0.0593 e. The third-order valence-electron chi connectivity index (χ3n) is 4.33. The van der Waals surface area contributed by atoms with Crippen LogP contribution in [0.25, 0.3) is 0 Å². The van der Waals surface area contributed by atoms with Crippen molar-refractivity contribution >= 4 is 0 Å². The summed E-state index contributed by atoms with van der Waals surface area (Å²) in [5.74, 6) is 0. The summed E-state index contributed by atoms with van der Waals surface area (Å²) in [4.78, 5) is 2.68. The van der Waals surface area contributed by atoms with Crippen molar-refractivity contribution in [1.82, 2.24) is 10.2 Å². The van der Waals surface area contributed by atoms with Crippen LogP contribution in [0.2, 0.25) is 0 Å². The molecule has 0 spiro atoms. The van der Waals surface area contributed by atoms with Gasteiger partial charge in [0.25, 0.3) is 0 Å². The molecule has 3 nitrogen and oxygen atoms in total. The Morgan fingerprint density at radius 1 is 0.941 bits per heavy atom. The topological polar surface area (TPSA) is 24.5 Å². The largest absolute Gasteiger partial charge is 0.380 e. The molecule has 1 saturated heterocycles. The second-order valence-corrected chi connectivity index (χ2v) is 5.46. The van der Waals surface area contributed by atoms with Crippen LogP contribution in [0, 0.1) is 0 Å². The van der Waals surface area contributed by atoms with Gasteiger partial charge in [-0.05, 0) is 26.3 Å². The highest BCUT2D eigenvalue weighted by molar-refractivity contribution is 4.85. The first-order chi connectivity index (χ1) is 8.42. The van der Waals surface area contributed by atoms with Gasteiger partial charge in [-0.1, -0.05) is 25.7 Å². The Morgan fingerprint density at radius 3 is 2.59 bits per heavy atom. The number of rotatable bonds is 2. The molecular weight excluding hydrogens is 212 g/mol. The third-order valence-corrected chi connectivity index (χ3v) is 4.33. The third kappa shape index (κ3) is 3.94. The fraction of sp³-hybridized carbons (Fsp3) is 1.00. The Bertz CT molecular complexity index is 202. The van der Waals surface area contributed by atoms with Gasteiger partial charge >= 0.3 is 0 Å². The summed E-state index contributed by atoms with van der Waals surface area (Å²) < 4.78 is 5.58. The minimum Gasteiger partial charge on any atom is -0.380 e. The molecule has 2 fully saturated rings. The Kier molecular flexibility index (Phi) is 5.75. The van der Waals surface area contributed by atoms with Crippen LogP contribution >= 0.6 is 0 Å². The van der Waals surface area contributed by atoms with E-state index in [0.29, 0.717) is 6.04 Å². The molecule has 2 unspecified atom stereocenters. The molecule has 0 bridgehead atoms. The van der Waals surface area contributed by atoms with Gasteiger partial charge in [-0.15, -0.1) is 0 Å². The van der Waals surface area contributed by atoms with E-state index in [1.165, 1.54) is 51.5 Å². The summed E-state index contributed by atoms with van der Waals surface area (Å²) in [6.07, 6.45) is 9.56. The first kappa shape index (κ1) is 13.3. The summed E-state index contributed by atoms with van der Waals surface area (Å²) in [5.41, 5.74) is 0. The first-order valence-corrected chi connectivity index (χ1v) is 7.41. The number of nitrogens with zero attached hydrogens (tertiary/aromatic N) is 1. The molecule has 1 saturated carbocycles. The van der Waals surface area contributed by atoms with Crippen molar-refractivity contribution < 1.29 is 4.74 Å². The zero-order valence-electron chi connectivity index (χ0n) is 11.3. The van der Waals surface area contributed by atoms with Gasteiger partial charge in [0.15, 0.2) is 0 Å². The van der Waals surface area contributed by atoms with Crippen LogP contribution in [0.4, 0.5) is 0 Å². The van der Waals surface area contributed by atoms with Gasteiger partial charge in [-0.25, -0.2) is 0 Å². The molecule has 2 atom stereocenters. The molecule has 0 aromatic rings. The lowest BCUT2D eigenvalue weighted by Gasteiger charge is -2.37. The minimum atomic E-state index is 0.688. The predicted molar refractivity (Wildman–Crippen MR) is 71.3 cm³/mol. The normalized spacial score (nSPS) is 33.7. The Labute approximate surface area is 106 Å². The van der Waals surface area contributed by atoms with Crippen LogP contribution in [0.15, 0.2) is 0 Å². The fourth-order valence-electron chi connectivity index (χ4n) is 3.34. The monoisotopic (exact) mass is 240 g/mol. The molecule has 1 aliphatic carbocycles. The van der Waals surface area contributed by atoms with Crippen LogP contribution in [0.5, 0.6) is 0 Å². The van der Waals surface area contributed by atoms with E-state index in [1.807, 2.05) is 0 Å². The number of ether oxygens (including phenoxy) is 1. The highest BCUT2D eigenvalue weighted by Crippen LogP contribution is 2.22. The SMILES string of the molecule is CNC1CCCCCCC1N1CCCOCC1.